The third-order valence-electron chi connectivity index (χ3n) is 6.50. The summed E-state index contributed by atoms with van der Waals surface area (Å²) in [6.45, 7) is 2.54. The van der Waals surface area contributed by atoms with Crippen LogP contribution in [0.3, 0.4) is 0 Å². The lowest BCUT2D eigenvalue weighted by Gasteiger charge is -2.36. The Balaban J connectivity index is 3.20. The molecule has 0 bridgehead atoms. The normalized spacial score (nSPS) is 15.0. The minimum absolute atomic E-state index is 0.0745. The van der Waals surface area contributed by atoms with E-state index in [1.165, 1.54) is 13.8 Å². The first-order chi connectivity index (χ1) is 19.3. The number of hydrogen-bond donors (Lipinski definition) is 7. The van der Waals surface area contributed by atoms with Gasteiger partial charge in [0.2, 0.25) is 5.91 Å². The third-order valence-corrected chi connectivity index (χ3v) is 7.22. The van der Waals surface area contributed by atoms with Gasteiger partial charge in [0.05, 0.1) is 31.3 Å². The lowest BCUT2D eigenvalue weighted by molar-refractivity contribution is -0.220. The maximum Gasteiger partial charge on any atom is 0.407 e. The fourth-order valence-electron chi connectivity index (χ4n) is 3.61. The zero-order valence-electron chi connectivity index (χ0n) is 23.6. The number of carbonyl (C=O) groups excluding carboxylic acids is 3. The van der Waals surface area contributed by atoms with Crippen LogP contribution in [-0.4, -0.2) is 84.9 Å². The van der Waals surface area contributed by atoms with E-state index in [0.29, 0.717) is 5.56 Å². The summed E-state index contributed by atoms with van der Waals surface area (Å²) in [6.07, 6.45) is -9.41. The lowest BCUT2D eigenvalue weighted by Crippen LogP contribution is -2.62. The number of nitrogens with one attached hydrogen (secondary N) is 5. The van der Waals surface area contributed by atoms with Gasteiger partial charge in [0.1, 0.15) is 12.1 Å². The van der Waals surface area contributed by atoms with Gasteiger partial charge in [-0.1, -0.05) is 26.0 Å². The van der Waals surface area contributed by atoms with Crippen LogP contribution in [0.2, 0.25) is 0 Å². The zero-order chi connectivity index (χ0) is 32.5. The highest BCUT2D eigenvalue weighted by Crippen LogP contribution is 2.40. The van der Waals surface area contributed by atoms with Gasteiger partial charge in [-0.25, -0.2) is 15.0 Å². The minimum Gasteiger partial charge on any atom is -0.465 e. The van der Waals surface area contributed by atoms with Gasteiger partial charge < -0.3 is 30.9 Å². The molecule has 0 aliphatic rings. The summed E-state index contributed by atoms with van der Waals surface area (Å²) in [7, 11) is 0.916. The highest BCUT2D eigenvalue weighted by Gasteiger charge is 2.56. The Morgan fingerprint density at radius 1 is 0.952 bits per heavy atom. The van der Waals surface area contributed by atoms with Crippen LogP contribution in [0.1, 0.15) is 33.3 Å². The number of benzene rings is 1. The van der Waals surface area contributed by atoms with Crippen molar-refractivity contribution in [2.45, 2.75) is 64.5 Å². The summed E-state index contributed by atoms with van der Waals surface area (Å²) >= 11 is 2.05. The molecule has 4 unspecified atom stereocenters. The molecule has 12 nitrogen and oxygen atoms in total. The number of hydrogen-bond acceptors (Lipinski definition) is 7. The van der Waals surface area contributed by atoms with Crippen LogP contribution in [0.25, 0.3) is 0 Å². The van der Waals surface area contributed by atoms with Gasteiger partial charge in [-0.15, -0.1) is 0 Å². The molecule has 0 aromatic heterocycles. The fourth-order valence-corrected chi connectivity index (χ4v) is 3.97. The van der Waals surface area contributed by atoms with Gasteiger partial charge in [-0.2, -0.15) is 13.2 Å². The molecule has 17 heteroatoms. The van der Waals surface area contributed by atoms with Crippen LogP contribution in [0.4, 0.5) is 27.2 Å². The molecule has 0 spiro atoms. The van der Waals surface area contributed by atoms with E-state index in [0.717, 1.165) is 24.5 Å². The molecule has 0 saturated heterocycles. The number of methoxy groups -OCH3 is 1. The van der Waals surface area contributed by atoms with Crippen LogP contribution < -0.4 is 26.8 Å². The van der Waals surface area contributed by atoms with Crippen molar-refractivity contribution in [2.24, 2.45) is 10.8 Å². The molecule has 1 rings (SSSR count). The quantitative estimate of drug-likeness (QED) is 0.0870. The van der Waals surface area contributed by atoms with Crippen molar-refractivity contribution in [1.82, 2.24) is 26.8 Å². The molecule has 42 heavy (non-hydrogen) atoms. The second kappa shape index (κ2) is 15.5. The second-order valence-corrected chi connectivity index (χ2v) is 11.9. The maximum absolute atomic E-state index is 13.8. The summed E-state index contributed by atoms with van der Waals surface area (Å²) < 4.78 is 60.2. The van der Waals surface area contributed by atoms with Crippen LogP contribution >= 0.6 is 22.6 Å². The number of alkyl halides is 4. The molecular weight excluding hydrogens is 685 g/mol. The standard InChI is InChI=1S/C25H36F4IN5O7/c1-23(2,12-26)17(33-21(39)40)20(38)35-31-11-16(36)15(10-13-6-8-14(30)9-7-13)32-19(37)18(34-22(41)42-5)24(3,4)25(27,28)29/h6-9,15-18,31,33,36H,10-12H2,1-5H3,(H,32,37)(H,34,41)(H,35,38)(H,39,40). The van der Waals surface area contributed by atoms with E-state index in [9.17, 15) is 41.8 Å². The first kappa shape index (κ1) is 37.1. The van der Waals surface area contributed by atoms with Crippen LogP contribution in [0, 0.1) is 14.4 Å². The molecule has 4 amide bonds. The molecular formula is C25H36F4IN5O7. The smallest absolute Gasteiger partial charge is 0.407 e. The van der Waals surface area contributed by atoms with E-state index in [-0.39, 0.29) is 6.42 Å². The van der Waals surface area contributed by atoms with Crippen molar-refractivity contribution in [3.63, 3.8) is 0 Å². The van der Waals surface area contributed by atoms with Crippen molar-refractivity contribution < 1.29 is 51.7 Å². The largest absolute Gasteiger partial charge is 0.465 e. The molecule has 0 heterocycles. The Kier molecular flexibility index (Phi) is 13.7. The van der Waals surface area contributed by atoms with Gasteiger partial charge in [0.25, 0.3) is 5.91 Å². The molecule has 1 aromatic carbocycles. The predicted molar refractivity (Wildman–Crippen MR) is 151 cm³/mol. The lowest BCUT2D eigenvalue weighted by atomic mass is 9.82. The van der Waals surface area contributed by atoms with Gasteiger partial charge in [-0.3, -0.25) is 19.4 Å². The van der Waals surface area contributed by atoms with E-state index in [1.807, 2.05) is 10.6 Å². The zero-order valence-corrected chi connectivity index (χ0v) is 25.7. The molecule has 238 valence electrons. The van der Waals surface area contributed by atoms with Crippen molar-refractivity contribution in [2.75, 3.05) is 20.3 Å². The number of halogens is 5. The summed E-state index contributed by atoms with van der Waals surface area (Å²) in [5.41, 5.74) is 0.941. The topological polar surface area (TPSA) is 178 Å². The minimum atomic E-state index is -4.93. The molecule has 0 aliphatic heterocycles. The number of ether oxygens (including phenoxy) is 1. The number of amides is 4. The summed E-state index contributed by atoms with van der Waals surface area (Å²) in [5, 5.41) is 26.1. The average molecular weight is 721 g/mol. The van der Waals surface area contributed by atoms with E-state index < -0.39 is 78.5 Å². The van der Waals surface area contributed by atoms with Crippen molar-refractivity contribution in [3.8, 4) is 0 Å². The van der Waals surface area contributed by atoms with Gasteiger partial charge in [0, 0.05) is 15.5 Å². The van der Waals surface area contributed by atoms with E-state index >= 15 is 0 Å². The first-order valence-corrected chi connectivity index (χ1v) is 13.6. The fraction of sp³-hybridized carbons (Fsp3) is 0.600. The molecule has 0 radical (unpaired) electrons. The highest BCUT2D eigenvalue weighted by molar-refractivity contribution is 14.1. The SMILES string of the molecule is COC(=O)NC(C(=O)NC(Cc1ccc(I)cc1)C(O)CNNC(=O)C(NC(=O)O)C(C)(C)CF)C(C)(C)C(F)(F)F. The van der Waals surface area contributed by atoms with Crippen LogP contribution in [-0.2, 0) is 20.7 Å². The molecule has 4 atom stereocenters. The molecule has 0 aliphatic carbocycles. The molecule has 0 saturated carbocycles. The number of carbonyl (C=O) groups is 4. The van der Waals surface area contributed by atoms with E-state index in [2.05, 4.69) is 43.5 Å². The van der Waals surface area contributed by atoms with Gasteiger partial charge >= 0.3 is 18.4 Å². The Labute approximate surface area is 253 Å². The Hall–Kier alpha value is -2.93. The number of carboxylic acid groups (broad SMARTS) is 1. The van der Waals surface area contributed by atoms with Gasteiger partial charge in [-0.05, 0) is 60.6 Å². The number of alkyl carbamates (subject to hydrolysis) is 1. The average Bonchev–Trinajstić information content (AvgIpc) is 2.89. The predicted octanol–water partition coefficient (Wildman–Crippen LogP) is 2.25. The Morgan fingerprint density at radius 2 is 1.52 bits per heavy atom. The number of hydrazine groups is 1. The van der Waals surface area contributed by atoms with Crippen molar-refractivity contribution in [1.29, 1.82) is 0 Å². The van der Waals surface area contributed by atoms with Crippen molar-refractivity contribution >= 4 is 46.6 Å². The molecule has 0 fully saturated rings. The maximum atomic E-state index is 13.8. The van der Waals surface area contributed by atoms with Crippen LogP contribution in [0.5, 0.6) is 0 Å². The third kappa shape index (κ3) is 10.7. The number of aliphatic hydroxyl groups is 1. The van der Waals surface area contributed by atoms with Crippen molar-refractivity contribution in [3.05, 3.63) is 33.4 Å². The molecule has 7 N–H and O–H groups in total. The van der Waals surface area contributed by atoms with Gasteiger partial charge in [0.15, 0.2) is 0 Å². The summed E-state index contributed by atoms with van der Waals surface area (Å²) in [5.74, 6) is -2.24. The number of rotatable bonds is 14. The summed E-state index contributed by atoms with van der Waals surface area (Å²) in [6, 6.07) is 1.88. The van der Waals surface area contributed by atoms with Crippen LogP contribution in [0.15, 0.2) is 24.3 Å². The molecule has 1 aromatic rings. The Bertz CT molecular complexity index is 1090. The van der Waals surface area contributed by atoms with E-state index in [1.54, 1.807) is 24.3 Å². The van der Waals surface area contributed by atoms with E-state index in [4.69, 9.17) is 5.11 Å². The summed E-state index contributed by atoms with van der Waals surface area (Å²) in [4.78, 5) is 48.7. The highest BCUT2D eigenvalue weighted by atomic mass is 127. The Morgan fingerprint density at radius 3 is 2.00 bits per heavy atom. The second-order valence-electron chi connectivity index (χ2n) is 10.7. The monoisotopic (exact) mass is 721 g/mol. The number of aliphatic hydroxyl groups excluding tert-OH is 1. The first-order valence-electron chi connectivity index (χ1n) is 12.5.